The highest BCUT2D eigenvalue weighted by atomic mass is 16.4. The number of hydrogen-bond acceptors (Lipinski definition) is 3. The van der Waals surface area contributed by atoms with Crippen LogP contribution in [0.25, 0.3) is 0 Å². The highest BCUT2D eigenvalue weighted by Crippen LogP contribution is 2.13. The molecule has 4 nitrogen and oxygen atoms in total. The van der Waals surface area contributed by atoms with Gasteiger partial charge in [-0.2, -0.15) is 0 Å². The fourth-order valence-corrected chi connectivity index (χ4v) is 0.815. The molecule has 0 spiro atoms. The van der Waals surface area contributed by atoms with Crippen molar-refractivity contribution >= 4 is 5.97 Å². The van der Waals surface area contributed by atoms with E-state index >= 15 is 0 Å². The van der Waals surface area contributed by atoms with E-state index in [4.69, 9.17) is 10.8 Å². The molecular weight excluding hydrogens is 120 g/mol. The predicted octanol–water partition coefficient (Wildman–Crippen LogP) is -1.29. The van der Waals surface area contributed by atoms with Gasteiger partial charge in [0.2, 0.25) is 0 Å². The number of hydrogen-bond donors (Lipinski definition) is 2. The van der Waals surface area contributed by atoms with Crippen LogP contribution in [0.5, 0.6) is 0 Å². The minimum atomic E-state index is -0.772. The van der Waals surface area contributed by atoms with Crippen molar-refractivity contribution in [2.45, 2.75) is 6.04 Å². The van der Waals surface area contributed by atoms with E-state index in [1.165, 1.54) is 0 Å². The van der Waals surface area contributed by atoms with Crippen molar-refractivity contribution in [3.8, 4) is 0 Å². The van der Waals surface area contributed by atoms with Crippen molar-refractivity contribution in [1.29, 1.82) is 0 Å². The molecule has 2 unspecified atom stereocenters. The van der Waals surface area contributed by atoms with Gasteiger partial charge in [0.25, 0.3) is 0 Å². The second kappa shape index (κ2) is 2.33. The van der Waals surface area contributed by atoms with E-state index in [9.17, 15) is 4.79 Å². The Balaban J connectivity index is 2.12. The molecule has 0 aromatic heterocycles. The second-order valence-electron chi connectivity index (χ2n) is 2.21. The Morgan fingerprint density at radius 3 is 2.89 bits per heavy atom. The summed E-state index contributed by atoms with van der Waals surface area (Å²) < 4.78 is 0. The zero-order chi connectivity index (χ0) is 6.85. The molecule has 4 heteroatoms. The molecule has 1 saturated heterocycles. The van der Waals surface area contributed by atoms with Crippen molar-refractivity contribution < 1.29 is 9.90 Å². The van der Waals surface area contributed by atoms with Gasteiger partial charge in [0, 0.05) is 19.1 Å². The van der Waals surface area contributed by atoms with E-state index in [0.29, 0.717) is 12.6 Å². The zero-order valence-electron chi connectivity index (χ0n) is 5.08. The van der Waals surface area contributed by atoms with Crippen LogP contribution in [0.1, 0.15) is 0 Å². The Hall–Kier alpha value is -0.610. The number of nitrogens with two attached hydrogens (primary N) is 1. The fourth-order valence-electron chi connectivity index (χ4n) is 0.815. The predicted molar refractivity (Wildman–Crippen MR) is 32.1 cm³/mol. The maximum absolute atomic E-state index is 10.0. The van der Waals surface area contributed by atoms with E-state index in [1.807, 2.05) is 4.90 Å². The third kappa shape index (κ3) is 1.65. The van der Waals surface area contributed by atoms with Crippen LogP contribution in [-0.4, -0.2) is 41.7 Å². The standard InChI is InChI=1S/C5H10N2O2/c6-1-4-2-7(4)3-5(8)9/h4H,1-3,6H2,(H,8,9). The summed E-state index contributed by atoms with van der Waals surface area (Å²) in [6.07, 6.45) is 0. The SMILES string of the molecule is NCC1CN1CC(=O)O. The van der Waals surface area contributed by atoms with Gasteiger partial charge in [-0.15, -0.1) is 0 Å². The molecule has 9 heavy (non-hydrogen) atoms. The first kappa shape index (κ1) is 6.51. The van der Waals surface area contributed by atoms with Crippen LogP contribution in [-0.2, 0) is 4.79 Å². The summed E-state index contributed by atoms with van der Waals surface area (Å²) in [6.45, 7) is 1.57. The van der Waals surface area contributed by atoms with Gasteiger partial charge in [-0.25, -0.2) is 0 Å². The molecule has 0 radical (unpaired) electrons. The van der Waals surface area contributed by atoms with Gasteiger partial charge in [0.15, 0.2) is 0 Å². The Bertz CT molecular complexity index is 126. The lowest BCUT2D eigenvalue weighted by Gasteiger charge is -1.94. The summed E-state index contributed by atoms with van der Waals surface area (Å²) in [6, 6.07) is 0.334. The molecule has 1 aliphatic heterocycles. The molecule has 2 atom stereocenters. The van der Waals surface area contributed by atoms with Crippen LogP contribution >= 0.6 is 0 Å². The first-order valence-corrected chi connectivity index (χ1v) is 2.90. The minimum Gasteiger partial charge on any atom is -0.480 e. The normalized spacial score (nSPS) is 32.1. The lowest BCUT2D eigenvalue weighted by atomic mass is 10.5. The third-order valence-electron chi connectivity index (χ3n) is 1.44. The molecule has 0 aromatic rings. The van der Waals surface area contributed by atoms with Gasteiger partial charge in [-0.1, -0.05) is 0 Å². The Kier molecular flexibility index (Phi) is 1.68. The van der Waals surface area contributed by atoms with Crippen LogP contribution in [0.2, 0.25) is 0 Å². The first-order chi connectivity index (χ1) is 4.24. The van der Waals surface area contributed by atoms with Crippen LogP contribution in [0.3, 0.4) is 0 Å². The molecule has 0 aromatic carbocycles. The summed E-state index contributed by atoms with van der Waals surface area (Å²) >= 11 is 0. The Morgan fingerprint density at radius 2 is 2.56 bits per heavy atom. The maximum atomic E-state index is 10.0. The molecule has 3 N–H and O–H groups in total. The van der Waals surface area contributed by atoms with E-state index in [0.717, 1.165) is 6.54 Å². The molecule has 52 valence electrons. The number of carboxylic acids is 1. The fraction of sp³-hybridized carbons (Fsp3) is 0.800. The molecule has 1 rings (SSSR count). The van der Waals surface area contributed by atoms with E-state index in [2.05, 4.69) is 0 Å². The number of carboxylic acid groups (broad SMARTS) is 1. The molecule has 1 aliphatic rings. The molecule has 1 heterocycles. The first-order valence-electron chi connectivity index (χ1n) is 2.90. The topological polar surface area (TPSA) is 66.3 Å². The molecule has 0 amide bonds. The Labute approximate surface area is 53.2 Å². The maximum Gasteiger partial charge on any atom is 0.317 e. The molecule has 0 bridgehead atoms. The van der Waals surface area contributed by atoms with Crippen LogP contribution in [0, 0.1) is 0 Å². The smallest absolute Gasteiger partial charge is 0.317 e. The van der Waals surface area contributed by atoms with Gasteiger partial charge >= 0.3 is 5.97 Å². The highest BCUT2D eigenvalue weighted by Gasteiger charge is 2.33. The summed E-state index contributed by atoms with van der Waals surface area (Å²) in [5.41, 5.74) is 5.27. The summed E-state index contributed by atoms with van der Waals surface area (Å²) in [4.78, 5) is 11.9. The van der Waals surface area contributed by atoms with Crippen molar-refractivity contribution in [2.24, 2.45) is 5.73 Å². The summed E-state index contributed by atoms with van der Waals surface area (Å²) in [5.74, 6) is -0.772. The summed E-state index contributed by atoms with van der Waals surface area (Å²) in [5, 5.41) is 8.25. The second-order valence-corrected chi connectivity index (χ2v) is 2.21. The van der Waals surface area contributed by atoms with Crippen LogP contribution in [0.15, 0.2) is 0 Å². The Morgan fingerprint density at radius 1 is 1.89 bits per heavy atom. The van der Waals surface area contributed by atoms with Crippen molar-refractivity contribution in [2.75, 3.05) is 19.6 Å². The van der Waals surface area contributed by atoms with Crippen LogP contribution < -0.4 is 5.73 Å². The molecule has 1 fully saturated rings. The molecule has 0 aliphatic carbocycles. The average Bonchev–Trinajstić information content (AvgIpc) is 2.45. The van der Waals surface area contributed by atoms with Crippen molar-refractivity contribution in [3.05, 3.63) is 0 Å². The largest absolute Gasteiger partial charge is 0.480 e. The monoisotopic (exact) mass is 130 g/mol. The van der Waals surface area contributed by atoms with Crippen molar-refractivity contribution in [3.63, 3.8) is 0 Å². The number of rotatable bonds is 3. The van der Waals surface area contributed by atoms with Gasteiger partial charge < -0.3 is 10.8 Å². The minimum absolute atomic E-state index is 0.141. The number of aliphatic carboxylic acids is 1. The zero-order valence-corrected chi connectivity index (χ0v) is 5.08. The average molecular weight is 130 g/mol. The van der Waals surface area contributed by atoms with E-state index < -0.39 is 5.97 Å². The van der Waals surface area contributed by atoms with Gasteiger partial charge in [0.1, 0.15) is 0 Å². The van der Waals surface area contributed by atoms with E-state index in [-0.39, 0.29) is 6.54 Å². The molecule has 0 saturated carbocycles. The third-order valence-corrected chi connectivity index (χ3v) is 1.44. The lowest BCUT2D eigenvalue weighted by molar-refractivity contribution is -0.137. The van der Waals surface area contributed by atoms with Gasteiger partial charge in [-0.05, 0) is 0 Å². The lowest BCUT2D eigenvalue weighted by Crippen LogP contribution is -2.18. The van der Waals surface area contributed by atoms with Crippen LogP contribution in [0.4, 0.5) is 0 Å². The number of nitrogens with zero attached hydrogens (tertiary/aromatic N) is 1. The highest BCUT2D eigenvalue weighted by molar-refractivity contribution is 5.69. The quantitative estimate of drug-likeness (QED) is 0.467. The number of carbonyl (C=O) groups is 1. The van der Waals surface area contributed by atoms with Gasteiger partial charge in [0.05, 0.1) is 6.54 Å². The van der Waals surface area contributed by atoms with Crippen molar-refractivity contribution in [1.82, 2.24) is 4.90 Å². The molecular formula is C5H10N2O2. The van der Waals surface area contributed by atoms with Gasteiger partial charge in [-0.3, -0.25) is 9.69 Å². The van der Waals surface area contributed by atoms with E-state index in [1.54, 1.807) is 0 Å². The summed E-state index contributed by atoms with van der Waals surface area (Å²) in [7, 11) is 0.